The summed E-state index contributed by atoms with van der Waals surface area (Å²) >= 11 is 0. The van der Waals surface area contributed by atoms with Gasteiger partial charge in [0.15, 0.2) is 23.0 Å². The van der Waals surface area contributed by atoms with Crippen molar-refractivity contribution >= 4 is 61.1 Å². The Morgan fingerprint density at radius 2 is 1.24 bits per heavy atom. The van der Waals surface area contributed by atoms with Crippen molar-refractivity contribution in [2.75, 3.05) is 4.90 Å². The quantitative estimate of drug-likeness (QED) is 0.160. The Morgan fingerprint density at radius 3 is 2.05 bits per heavy atom. The molecular weight excluding hydrogens is 995 g/mol. The maximum atomic E-state index is 6.60. The summed E-state index contributed by atoms with van der Waals surface area (Å²) in [6.07, 6.45) is 0. The molecule has 0 bridgehead atoms. The molecule has 2 aliphatic heterocycles. The summed E-state index contributed by atoms with van der Waals surface area (Å²) in [5.74, 6) is 5.63. The largest absolute Gasteiger partial charge is 0.501 e. The van der Waals surface area contributed by atoms with Gasteiger partial charge in [-0.2, -0.15) is 0 Å². The van der Waals surface area contributed by atoms with Gasteiger partial charge in [0.05, 0.1) is 45.2 Å². The van der Waals surface area contributed by atoms with Crippen LogP contribution in [-0.4, -0.2) is 19.1 Å². The predicted molar refractivity (Wildman–Crippen MR) is 261 cm³/mol. The first kappa shape index (κ1) is 41.3. The predicted octanol–water partition coefficient (Wildman–Crippen LogP) is 15.4. The summed E-state index contributed by atoms with van der Waals surface area (Å²) in [7, 11) is 2.02. The zero-order valence-electron chi connectivity index (χ0n) is 37.0. The van der Waals surface area contributed by atoms with Crippen LogP contribution < -0.4 is 14.4 Å². The van der Waals surface area contributed by atoms with E-state index in [2.05, 4.69) is 121 Å². The fourth-order valence-corrected chi connectivity index (χ4v) is 9.57. The Kier molecular flexibility index (Phi) is 10.1. The van der Waals surface area contributed by atoms with Crippen LogP contribution >= 0.6 is 0 Å². The molecule has 3 aromatic heterocycles. The van der Waals surface area contributed by atoms with Gasteiger partial charge in [0.25, 0.3) is 0 Å². The summed E-state index contributed by atoms with van der Waals surface area (Å²) in [6.45, 7) is 9.04. The molecule has 0 N–H and O–H groups in total. The van der Waals surface area contributed by atoms with Crippen molar-refractivity contribution in [2.45, 2.75) is 39.5 Å². The van der Waals surface area contributed by atoms with Gasteiger partial charge in [-0.3, -0.25) is 14.9 Å². The normalized spacial score (nSPS) is 12.4. The molecule has 0 amide bonds. The fraction of sp³-hybridized carbons (Fsp3) is 0.123. The van der Waals surface area contributed by atoms with Gasteiger partial charge in [0.2, 0.25) is 0 Å². The summed E-state index contributed by atoms with van der Waals surface area (Å²) in [5, 5.41) is 2.13. The van der Waals surface area contributed by atoms with E-state index in [9.17, 15) is 0 Å². The molecule has 0 fully saturated rings. The number of para-hydroxylation sites is 7. The zero-order valence-corrected chi connectivity index (χ0v) is 39.4. The van der Waals surface area contributed by atoms with Crippen LogP contribution in [0.5, 0.6) is 23.0 Å². The van der Waals surface area contributed by atoms with Crippen molar-refractivity contribution in [3.63, 3.8) is 0 Å². The van der Waals surface area contributed by atoms with Crippen molar-refractivity contribution in [2.24, 2.45) is 7.05 Å². The summed E-state index contributed by atoms with van der Waals surface area (Å²) in [4.78, 5) is 12.3. The Morgan fingerprint density at radius 1 is 0.545 bits per heavy atom. The van der Waals surface area contributed by atoms with E-state index < -0.39 is 0 Å². The molecule has 8 aromatic carbocycles. The Hall–Kier alpha value is -7.45. The Bertz CT molecular complexity index is 3630. The second-order valence-corrected chi connectivity index (χ2v) is 17.2. The molecule has 13 rings (SSSR count). The number of aromatic nitrogens is 4. The van der Waals surface area contributed by atoms with Gasteiger partial charge in [0, 0.05) is 38.2 Å². The number of hydrogen-bond donors (Lipinski definition) is 0. The molecule has 325 valence electrons. The zero-order chi connectivity index (χ0) is 43.9. The van der Waals surface area contributed by atoms with Crippen LogP contribution in [0.4, 0.5) is 17.1 Å². The van der Waals surface area contributed by atoms with E-state index in [-0.39, 0.29) is 20.1 Å². The van der Waals surface area contributed by atoms with Crippen LogP contribution in [0.15, 0.2) is 162 Å². The summed E-state index contributed by atoms with van der Waals surface area (Å²) < 4.78 is 23.5. The third-order valence-corrected chi connectivity index (χ3v) is 12.6. The van der Waals surface area contributed by atoms with Crippen molar-refractivity contribution in [1.82, 2.24) is 19.1 Å². The molecule has 0 saturated heterocycles. The number of ether oxygens (including phenoxy) is 2. The van der Waals surface area contributed by atoms with Crippen LogP contribution in [0.1, 0.15) is 50.7 Å². The minimum atomic E-state index is 0. The van der Waals surface area contributed by atoms with Crippen LogP contribution in [0.25, 0.3) is 72.5 Å². The Balaban J connectivity index is 0.000000153. The van der Waals surface area contributed by atoms with Gasteiger partial charge in [-0.15, -0.1) is 54.1 Å². The summed E-state index contributed by atoms with van der Waals surface area (Å²) in [5.41, 5.74) is 14.1. The number of imidazole rings is 2. The standard InChI is InChI=1S/C32H18N3O3.C25H25N2.Ir/c1-34-28-21(33-32(34)20-10-6-9-19-18-8-2-4-12-24(18)37-30(19)20)16-17-23-31(28)38-27-15-7-14-26-29(27)35(23)22-11-3-5-13-25(22)36-26;1-17(2)20-13-10-14-21(18(3)4)24(20)27-23-16-9-8-15-22(23)26-25(27)19-11-6-5-7-12-19;/h2-9,11-17H,1H3;5-11,13-18H,1-4H3;/q2*-1;. The topological polar surface area (TPSA) is 70.5 Å². The van der Waals surface area contributed by atoms with E-state index in [4.69, 9.17) is 23.9 Å². The number of aryl methyl sites for hydroxylation is 1. The van der Waals surface area contributed by atoms with E-state index >= 15 is 0 Å². The van der Waals surface area contributed by atoms with Gasteiger partial charge in [0.1, 0.15) is 16.8 Å². The number of rotatable bonds is 5. The maximum Gasteiger partial charge on any atom is 0.176 e. The third-order valence-electron chi connectivity index (χ3n) is 12.6. The molecular formula is C57H43IrN5O3-2. The molecule has 8 nitrogen and oxygen atoms in total. The first-order chi connectivity index (χ1) is 31.8. The van der Waals surface area contributed by atoms with Gasteiger partial charge in [-0.05, 0) is 77.6 Å². The van der Waals surface area contributed by atoms with E-state index in [1.807, 2.05) is 98.0 Å². The molecule has 0 spiro atoms. The molecule has 0 unspecified atom stereocenters. The fourth-order valence-electron chi connectivity index (χ4n) is 9.57. The molecule has 9 heteroatoms. The van der Waals surface area contributed by atoms with Crippen LogP contribution in [0.3, 0.4) is 0 Å². The molecule has 1 radical (unpaired) electrons. The molecule has 2 aliphatic rings. The van der Waals surface area contributed by atoms with E-state index in [0.29, 0.717) is 11.8 Å². The SMILES string of the molecule is CC(C)c1cccc(C(C)C)c1-n1c(-c2[c-]cccc2)nc2ccccc21.Cn1c(-c2[c-]ccc3c2oc2ccccc23)nc2ccc3c(c21)Oc1cccc2c1N3c1ccccc1O2.[Ir]. The van der Waals surface area contributed by atoms with Crippen molar-refractivity contribution < 1.29 is 34.0 Å². The van der Waals surface area contributed by atoms with Crippen molar-refractivity contribution in [3.05, 3.63) is 181 Å². The molecule has 0 saturated carbocycles. The van der Waals surface area contributed by atoms with Gasteiger partial charge in [-0.25, -0.2) is 0 Å². The third kappa shape index (κ3) is 6.44. The van der Waals surface area contributed by atoms with Crippen LogP contribution in [0, 0.1) is 12.1 Å². The first-order valence-corrected chi connectivity index (χ1v) is 22.1. The average molecular weight is 1040 g/mol. The molecule has 0 atom stereocenters. The minimum absolute atomic E-state index is 0. The number of furan rings is 1. The Labute approximate surface area is 396 Å². The number of benzene rings is 8. The van der Waals surface area contributed by atoms with Crippen LogP contribution in [0.2, 0.25) is 0 Å². The van der Waals surface area contributed by atoms with E-state index in [1.165, 1.54) is 16.8 Å². The van der Waals surface area contributed by atoms with Gasteiger partial charge >= 0.3 is 0 Å². The van der Waals surface area contributed by atoms with Crippen molar-refractivity contribution in [3.8, 4) is 51.5 Å². The second-order valence-electron chi connectivity index (χ2n) is 17.2. The minimum Gasteiger partial charge on any atom is -0.501 e. The molecule has 11 aromatic rings. The average Bonchev–Trinajstić information content (AvgIpc) is 4.03. The molecule has 5 heterocycles. The summed E-state index contributed by atoms with van der Waals surface area (Å²) in [6, 6.07) is 60.1. The first-order valence-electron chi connectivity index (χ1n) is 22.1. The second kappa shape index (κ2) is 16.2. The number of nitrogens with zero attached hydrogens (tertiary/aromatic N) is 5. The molecule has 0 aliphatic carbocycles. The van der Waals surface area contributed by atoms with Crippen molar-refractivity contribution in [1.29, 1.82) is 0 Å². The maximum absolute atomic E-state index is 6.60. The van der Waals surface area contributed by atoms with Gasteiger partial charge in [-0.1, -0.05) is 105 Å². The number of fused-ring (bicyclic) bond motifs is 10. The van der Waals surface area contributed by atoms with E-state index in [0.717, 1.165) is 107 Å². The number of anilines is 3. The van der Waals surface area contributed by atoms with E-state index in [1.54, 1.807) is 0 Å². The monoisotopic (exact) mass is 1040 g/mol. The molecule has 66 heavy (non-hydrogen) atoms. The van der Waals surface area contributed by atoms with Crippen LogP contribution in [-0.2, 0) is 27.2 Å². The number of hydrogen-bond acceptors (Lipinski definition) is 6. The smallest absolute Gasteiger partial charge is 0.176 e. The van der Waals surface area contributed by atoms with Gasteiger partial charge < -0.3 is 23.0 Å².